The summed E-state index contributed by atoms with van der Waals surface area (Å²) in [7, 11) is 6.30. The minimum absolute atomic E-state index is 0.306. The van der Waals surface area contributed by atoms with Gasteiger partial charge in [0.15, 0.2) is 5.96 Å². The summed E-state index contributed by atoms with van der Waals surface area (Å²) >= 11 is 2.07. The van der Waals surface area contributed by atoms with Gasteiger partial charge in [0.05, 0.1) is 0 Å². The van der Waals surface area contributed by atoms with Crippen molar-refractivity contribution in [1.82, 2.24) is 15.1 Å². The molecule has 5 heteroatoms. The highest BCUT2D eigenvalue weighted by molar-refractivity contribution is 7.99. The maximum Gasteiger partial charge on any atom is 0.193 e. The summed E-state index contributed by atoms with van der Waals surface area (Å²) in [5, 5.41) is 3.60. The fourth-order valence-electron chi connectivity index (χ4n) is 2.75. The SMILES string of the molecule is CN=C(NCC1(N(C)C)CCSC1)N1CCCC1. The quantitative estimate of drug-likeness (QED) is 0.614. The van der Waals surface area contributed by atoms with E-state index in [9.17, 15) is 0 Å². The molecule has 0 bridgehead atoms. The van der Waals surface area contributed by atoms with Crippen molar-refractivity contribution in [2.75, 3.05) is 52.3 Å². The van der Waals surface area contributed by atoms with Gasteiger partial charge in [0.1, 0.15) is 0 Å². The monoisotopic (exact) mass is 270 g/mol. The number of hydrogen-bond acceptors (Lipinski definition) is 3. The predicted molar refractivity (Wildman–Crippen MR) is 80.5 cm³/mol. The molecular formula is C13H26N4S. The minimum Gasteiger partial charge on any atom is -0.354 e. The lowest BCUT2D eigenvalue weighted by Crippen LogP contribution is -2.55. The van der Waals surface area contributed by atoms with E-state index in [4.69, 9.17) is 0 Å². The standard InChI is InChI=1S/C13H26N4S/c1-14-12(17-7-4-5-8-17)15-10-13(16(2)3)6-9-18-11-13/h4-11H2,1-3H3,(H,14,15). The molecule has 104 valence electrons. The second-order valence-corrected chi connectivity index (χ2v) is 6.62. The van der Waals surface area contributed by atoms with Gasteiger partial charge in [-0.1, -0.05) is 0 Å². The lowest BCUT2D eigenvalue weighted by atomic mass is 9.97. The Morgan fingerprint density at radius 3 is 2.61 bits per heavy atom. The van der Waals surface area contributed by atoms with Crippen LogP contribution in [0.15, 0.2) is 4.99 Å². The number of hydrogen-bond donors (Lipinski definition) is 1. The van der Waals surface area contributed by atoms with Crippen LogP contribution in [0.25, 0.3) is 0 Å². The van der Waals surface area contributed by atoms with Crippen LogP contribution in [0.3, 0.4) is 0 Å². The Hall–Kier alpha value is -0.420. The Morgan fingerprint density at radius 1 is 1.39 bits per heavy atom. The molecule has 1 unspecified atom stereocenters. The van der Waals surface area contributed by atoms with Crippen molar-refractivity contribution in [2.45, 2.75) is 24.8 Å². The molecule has 2 saturated heterocycles. The van der Waals surface area contributed by atoms with Gasteiger partial charge in [-0.3, -0.25) is 4.99 Å². The number of nitrogens with zero attached hydrogens (tertiary/aromatic N) is 3. The Kier molecular flexibility index (Phi) is 4.78. The molecular weight excluding hydrogens is 244 g/mol. The van der Waals surface area contributed by atoms with Crippen LogP contribution >= 0.6 is 11.8 Å². The summed E-state index contributed by atoms with van der Waals surface area (Å²) in [6, 6.07) is 0. The second-order valence-electron chi connectivity index (χ2n) is 5.52. The maximum atomic E-state index is 4.43. The summed E-state index contributed by atoms with van der Waals surface area (Å²) in [6.45, 7) is 3.32. The molecule has 2 heterocycles. The molecule has 0 amide bonds. The number of likely N-dealkylation sites (N-methyl/N-ethyl adjacent to an activating group) is 1. The van der Waals surface area contributed by atoms with Crippen molar-refractivity contribution >= 4 is 17.7 Å². The van der Waals surface area contributed by atoms with Gasteiger partial charge in [-0.15, -0.1) is 0 Å². The Labute approximate surface area is 115 Å². The molecule has 2 aliphatic heterocycles. The maximum absolute atomic E-state index is 4.43. The molecule has 4 nitrogen and oxygen atoms in total. The van der Waals surface area contributed by atoms with Crippen LogP contribution in [0.4, 0.5) is 0 Å². The number of thioether (sulfide) groups is 1. The molecule has 0 radical (unpaired) electrons. The zero-order valence-electron chi connectivity index (χ0n) is 11.9. The number of rotatable bonds is 3. The van der Waals surface area contributed by atoms with Gasteiger partial charge < -0.3 is 15.1 Å². The van der Waals surface area contributed by atoms with Crippen molar-refractivity contribution in [3.05, 3.63) is 0 Å². The fraction of sp³-hybridized carbons (Fsp3) is 0.923. The molecule has 0 saturated carbocycles. The van der Waals surface area contributed by atoms with Gasteiger partial charge in [-0.05, 0) is 39.1 Å². The molecule has 2 aliphatic rings. The zero-order valence-corrected chi connectivity index (χ0v) is 12.7. The van der Waals surface area contributed by atoms with E-state index in [-0.39, 0.29) is 0 Å². The number of aliphatic imine (C=N–C) groups is 1. The van der Waals surface area contributed by atoms with Crippen molar-refractivity contribution in [3.63, 3.8) is 0 Å². The first-order valence-electron chi connectivity index (χ1n) is 6.89. The molecule has 2 rings (SSSR count). The Morgan fingerprint density at radius 2 is 2.11 bits per heavy atom. The molecule has 1 N–H and O–H groups in total. The van der Waals surface area contributed by atoms with Crippen LogP contribution in [0.5, 0.6) is 0 Å². The lowest BCUT2D eigenvalue weighted by Gasteiger charge is -2.37. The third-order valence-electron chi connectivity index (χ3n) is 4.22. The van der Waals surface area contributed by atoms with Crippen molar-refractivity contribution < 1.29 is 0 Å². The lowest BCUT2D eigenvalue weighted by molar-refractivity contribution is 0.181. The van der Waals surface area contributed by atoms with Crippen LogP contribution in [-0.4, -0.2) is 73.6 Å². The molecule has 0 aliphatic carbocycles. The van der Waals surface area contributed by atoms with Crippen LogP contribution in [0, 0.1) is 0 Å². The van der Waals surface area contributed by atoms with Gasteiger partial charge >= 0.3 is 0 Å². The van der Waals surface area contributed by atoms with Gasteiger partial charge in [-0.25, -0.2) is 0 Å². The fourth-order valence-corrected chi connectivity index (χ4v) is 4.30. The van der Waals surface area contributed by atoms with Crippen molar-refractivity contribution in [2.24, 2.45) is 4.99 Å². The van der Waals surface area contributed by atoms with E-state index in [0.29, 0.717) is 5.54 Å². The van der Waals surface area contributed by atoms with E-state index in [0.717, 1.165) is 25.6 Å². The first-order chi connectivity index (χ1) is 8.68. The highest BCUT2D eigenvalue weighted by Gasteiger charge is 2.36. The summed E-state index contributed by atoms with van der Waals surface area (Å²) in [4.78, 5) is 9.19. The van der Waals surface area contributed by atoms with E-state index < -0.39 is 0 Å². The van der Waals surface area contributed by atoms with Crippen LogP contribution in [0.1, 0.15) is 19.3 Å². The summed E-state index contributed by atoms with van der Waals surface area (Å²) < 4.78 is 0. The highest BCUT2D eigenvalue weighted by atomic mass is 32.2. The van der Waals surface area contributed by atoms with Crippen LogP contribution in [0.2, 0.25) is 0 Å². The third-order valence-corrected chi connectivity index (χ3v) is 5.46. The van der Waals surface area contributed by atoms with E-state index in [1.165, 1.54) is 30.8 Å². The molecule has 2 fully saturated rings. The van der Waals surface area contributed by atoms with Gasteiger partial charge in [0.25, 0.3) is 0 Å². The van der Waals surface area contributed by atoms with E-state index in [2.05, 4.69) is 46.0 Å². The number of guanidine groups is 1. The zero-order chi connectivity index (χ0) is 13.0. The molecule has 1 atom stereocenters. The second kappa shape index (κ2) is 6.15. The van der Waals surface area contributed by atoms with E-state index in [1.807, 2.05) is 7.05 Å². The molecule has 0 aromatic heterocycles. The topological polar surface area (TPSA) is 30.9 Å². The molecule has 0 aromatic rings. The van der Waals surface area contributed by atoms with Crippen molar-refractivity contribution in [3.8, 4) is 0 Å². The Bertz CT molecular complexity index is 291. The van der Waals surface area contributed by atoms with Crippen LogP contribution < -0.4 is 5.32 Å². The first kappa shape index (κ1) is 14.0. The van der Waals surface area contributed by atoms with E-state index in [1.54, 1.807) is 0 Å². The van der Waals surface area contributed by atoms with Crippen molar-refractivity contribution in [1.29, 1.82) is 0 Å². The average molecular weight is 270 g/mol. The molecule has 18 heavy (non-hydrogen) atoms. The smallest absolute Gasteiger partial charge is 0.193 e. The normalized spacial score (nSPS) is 29.3. The molecule has 0 spiro atoms. The number of likely N-dealkylation sites (tertiary alicyclic amines) is 1. The summed E-state index contributed by atoms with van der Waals surface area (Å²) in [5.74, 6) is 3.59. The number of nitrogens with one attached hydrogen (secondary N) is 1. The predicted octanol–water partition coefficient (Wildman–Crippen LogP) is 1.09. The van der Waals surface area contributed by atoms with Gasteiger partial charge in [0, 0.05) is 38.0 Å². The first-order valence-corrected chi connectivity index (χ1v) is 8.04. The molecule has 0 aromatic carbocycles. The minimum atomic E-state index is 0.306. The van der Waals surface area contributed by atoms with Crippen LogP contribution in [-0.2, 0) is 0 Å². The third kappa shape index (κ3) is 2.94. The average Bonchev–Trinajstić information content (AvgIpc) is 3.00. The Balaban J connectivity index is 1.92. The summed E-state index contributed by atoms with van der Waals surface area (Å²) in [6.07, 6.45) is 3.87. The highest BCUT2D eigenvalue weighted by Crippen LogP contribution is 2.31. The largest absolute Gasteiger partial charge is 0.354 e. The summed E-state index contributed by atoms with van der Waals surface area (Å²) in [5.41, 5.74) is 0.306. The van der Waals surface area contributed by atoms with Gasteiger partial charge in [0.2, 0.25) is 0 Å². The van der Waals surface area contributed by atoms with E-state index >= 15 is 0 Å². The van der Waals surface area contributed by atoms with Gasteiger partial charge in [-0.2, -0.15) is 11.8 Å².